The van der Waals surface area contributed by atoms with Gasteiger partial charge in [0.15, 0.2) is 0 Å². The van der Waals surface area contributed by atoms with Crippen molar-refractivity contribution >= 4 is 0 Å². The Morgan fingerprint density at radius 3 is 2.60 bits per heavy atom. The lowest BCUT2D eigenvalue weighted by molar-refractivity contribution is 0.111. The van der Waals surface area contributed by atoms with Crippen molar-refractivity contribution in [2.75, 3.05) is 13.2 Å². The lowest BCUT2D eigenvalue weighted by atomic mass is 10.2. The molecule has 62 valence electrons. The summed E-state index contributed by atoms with van der Waals surface area (Å²) in [7, 11) is 0. The first kappa shape index (κ1) is 9.88. The van der Waals surface area contributed by atoms with E-state index in [1.54, 1.807) is 0 Å². The average molecular weight is 146 g/mol. The fourth-order valence-corrected chi connectivity index (χ4v) is 0.654. The van der Waals surface area contributed by atoms with Gasteiger partial charge in [0.25, 0.3) is 0 Å². The predicted molar refractivity (Wildman–Crippen MR) is 42.5 cm³/mol. The standard InChI is InChI=1S/C7H18N2O/c1-3-5-10-6-7(4-2)9-8/h7,9H,3-6,8H2,1-2H3. The van der Waals surface area contributed by atoms with Crippen LogP contribution in [0.3, 0.4) is 0 Å². The maximum Gasteiger partial charge on any atom is 0.0632 e. The molecule has 0 aromatic heterocycles. The third-order valence-electron chi connectivity index (χ3n) is 1.40. The van der Waals surface area contributed by atoms with Crippen LogP contribution >= 0.6 is 0 Å². The van der Waals surface area contributed by atoms with E-state index in [4.69, 9.17) is 10.6 Å². The minimum atomic E-state index is 0.312. The summed E-state index contributed by atoms with van der Waals surface area (Å²) in [5.41, 5.74) is 2.69. The molecule has 10 heavy (non-hydrogen) atoms. The molecule has 0 saturated carbocycles. The molecule has 0 fully saturated rings. The van der Waals surface area contributed by atoms with E-state index in [2.05, 4.69) is 19.3 Å². The number of ether oxygens (including phenoxy) is 1. The minimum absolute atomic E-state index is 0.312. The van der Waals surface area contributed by atoms with Gasteiger partial charge in [-0.1, -0.05) is 13.8 Å². The fraction of sp³-hybridized carbons (Fsp3) is 1.00. The molecule has 0 radical (unpaired) electrons. The molecule has 3 nitrogen and oxygen atoms in total. The van der Waals surface area contributed by atoms with Gasteiger partial charge in [-0.3, -0.25) is 11.3 Å². The second-order valence-corrected chi connectivity index (χ2v) is 2.35. The molecule has 0 amide bonds. The Labute approximate surface area is 62.9 Å². The Morgan fingerprint density at radius 2 is 2.20 bits per heavy atom. The molecule has 0 rings (SSSR count). The molecule has 0 aliphatic rings. The zero-order valence-corrected chi connectivity index (χ0v) is 6.89. The van der Waals surface area contributed by atoms with Crippen LogP contribution in [0.25, 0.3) is 0 Å². The zero-order valence-electron chi connectivity index (χ0n) is 6.89. The maximum absolute atomic E-state index is 5.28. The molecule has 3 heteroatoms. The van der Waals surface area contributed by atoms with Gasteiger partial charge in [0.1, 0.15) is 0 Å². The van der Waals surface area contributed by atoms with Crippen molar-refractivity contribution in [1.29, 1.82) is 0 Å². The predicted octanol–water partition coefficient (Wildman–Crippen LogP) is 0.655. The van der Waals surface area contributed by atoms with Crippen molar-refractivity contribution in [2.24, 2.45) is 5.84 Å². The van der Waals surface area contributed by atoms with Crippen molar-refractivity contribution < 1.29 is 4.74 Å². The van der Waals surface area contributed by atoms with Gasteiger partial charge >= 0.3 is 0 Å². The molecule has 0 aliphatic carbocycles. The van der Waals surface area contributed by atoms with E-state index in [1.165, 1.54) is 0 Å². The smallest absolute Gasteiger partial charge is 0.0632 e. The normalized spacial score (nSPS) is 13.5. The Kier molecular flexibility index (Phi) is 6.91. The van der Waals surface area contributed by atoms with Crippen LogP contribution in [-0.4, -0.2) is 19.3 Å². The summed E-state index contributed by atoms with van der Waals surface area (Å²) in [5.74, 6) is 5.24. The molecular weight excluding hydrogens is 128 g/mol. The summed E-state index contributed by atoms with van der Waals surface area (Å²) in [5, 5.41) is 0. The van der Waals surface area contributed by atoms with Crippen molar-refractivity contribution in [3.05, 3.63) is 0 Å². The highest BCUT2D eigenvalue weighted by Crippen LogP contribution is 1.90. The lowest BCUT2D eigenvalue weighted by Crippen LogP contribution is -2.38. The Hall–Kier alpha value is -0.120. The van der Waals surface area contributed by atoms with E-state index in [1.807, 2.05) is 0 Å². The molecular formula is C7H18N2O. The highest BCUT2D eigenvalue weighted by molar-refractivity contribution is 4.57. The van der Waals surface area contributed by atoms with Crippen molar-refractivity contribution in [3.8, 4) is 0 Å². The molecule has 0 saturated heterocycles. The SMILES string of the molecule is CCCOCC(CC)NN. The van der Waals surface area contributed by atoms with Crippen LogP contribution < -0.4 is 11.3 Å². The number of nitrogens with one attached hydrogen (secondary N) is 1. The first-order chi connectivity index (χ1) is 4.85. The molecule has 1 atom stereocenters. The van der Waals surface area contributed by atoms with Gasteiger partial charge < -0.3 is 4.74 Å². The summed E-state index contributed by atoms with van der Waals surface area (Å²) in [6.07, 6.45) is 2.08. The van der Waals surface area contributed by atoms with Crippen molar-refractivity contribution in [1.82, 2.24) is 5.43 Å². The average Bonchev–Trinajstić information content (AvgIpc) is 1.99. The monoisotopic (exact) mass is 146 g/mol. The Morgan fingerprint density at radius 1 is 1.50 bits per heavy atom. The number of nitrogens with two attached hydrogens (primary N) is 1. The number of hydrogen-bond donors (Lipinski definition) is 2. The lowest BCUT2D eigenvalue weighted by Gasteiger charge is -2.12. The van der Waals surface area contributed by atoms with Crippen LogP contribution in [0.2, 0.25) is 0 Å². The molecule has 3 N–H and O–H groups in total. The fourth-order valence-electron chi connectivity index (χ4n) is 0.654. The molecule has 0 aromatic carbocycles. The van der Waals surface area contributed by atoms with E-state index in [0.29, 0.717) is 6.04 Å². The van der Waals surface area contributed by atoms with Crippen LogP contribution in [0.5, 0.6) is 0 Å². The number of hydrazine groups is 1. The second-order valence-electron chi connectivity index (χ2n) is 2.35. The summed E-state index contributed by atoms with van der Waals surface area (Å²) >= 11 is 0. The number of hydrogen-bond acceptors (Lipinski definition) is 3. The van der Waals surface area contributed by atoms with Gasteiger partial charge in [0.2, 0.25) is 0 Å². The Bertz CT molecular complexity index is 64.6. The van der Waals surface area contributed by atoms with Crippen LogP contribution in [0.1, 0.15) is 26.7 Å². The molecule has 0 aromatic rings. The minimum Gasteiger partial charge on any atom is -0.380 e. The molecule has 0 aliphatic heterocycles. The van der Waals surface area contributed by atoms with Crippen LogP contribution in [0, 0.1) is 0 Å². The van der Waals surface area contributed by atoms with Crippen LogP contribution in [0.15, 0.2) is 0 Å². The quantitative estimate of drug-likeness (QED) is 0.329. The van der Waals surface area contributed by atoms with E-state index < -0.39 is 0 Å². The van der Waals surface area contributed by atoms with Gasteiger partial charge in [0.05, 0.1) is 6.61 Å². The van der Waals surface area contributed by atoms with E-state index in [-0.39, 0.29) is 0 Å². The molecule has 1 unspecified atom stereocenters. The van der Waals surface area contributed by atoms with Gasteiger partial charge in [-0.2, -0.15) is 0 Å². The van der Waals surface area contributed by atoms with Gasteiger partial charge in [-0.15, -0.1) is 0 Å². The highest BCUT2D eigenvalue weighted by Gasteiger charge is 2.00. The van der Waals surface area contributed by atoms with E-state index in [9.17, 15) is 0 Å². The number of rotatable bonds is 6. The first-order valence-electron chi connectivity index (χ1n) is 3.89. The second kappa shape index (κ2) is 6.99. The van der Waals surface area contributed by atoms with Crippen molar-refractivity contribution in [2.45, 2.75) is 32.7 Å². The van der Waals surface area contributed by atoms with Gasteiger partial charge in [-0.05, 0) is 12.8 Å². The van der Waals surface area contributed by atoms with E-state index in [0.717, 1.165) is 26.1 Å². The first-order valence-corrected chi connectivity index (χ1v) is 3.89. The highest BCUT2D eigenvalue weighted by atomic mass is 16.5. The third-order valence-corrected chi connectivity index (χ3v) is 1.40. The molecule has 0 spiro atoms. The Balaban J connectivity index is 3.09. The molecule has 0 bridgehead atoms. The van der Waals surface area contributed by atoms with E-state index >= 15 is 0 Å². The topological polar surface area (TPSA) is 47.3 Å². The van der Waals surface area contributed by atoms with Gasteiger partial charge in [-0.25, -0.2) is 0 Å². The zero-order chi connectivity index (χ0) is 7.82. The largest absolute Gasteiger partial charge is 0.380 e. The summed E-state index contributed by atoms with van der Waals surface area (Å²) < 4.78 is 5.28. The molecule has 0 heterocycles. The van der Waals surface area contributed by atoms with Crippen LogP contribution in [0.4, 0.5) is 0 Å². The summed E-state index contributed by atoms with van der Waals surface area (Å²) in [6.45, 7) is 5.73. The maximum atomic E-state index is 5.28. The van der Waals surface area contributed by atoms with Crippen LogP contribution in [-0.2, 0) is 4.74 Å². The summed E-state index contributed by atoms with van der Waals surface area (Å²) in [4.78, 5) is 0. The summed E-state index contributed by atoms with van der Waals surface area (Å²) in [6, 6.07) is 0.312. The third kappa shape index (κ3) is 4.73. The van der Waals surface area contributed by atoms with Crippen molar-refractivity contribution in [3.63, 3.8) is 0 Å². The van der Waals surface area contributed by atoms with Gasteiger partial charge in [0, 0.05) is 12.6 Å².